The fourth-order valence-electron chi connectivity index (χ4n) is 3.06. The number of carbonyl (C=O) groups excluding carboxylic acids is 1. The lowest BCUT2D eigenvalue weighted by molar-refractivity contribution is 0.0528. The van der Waals surface area contributed by atoms with Crippen LogP contribution in [0.15, 0.2) is 45.9 Å². The number of amides is 1. The highest BCUT2D eigenvalue weighted by Crippen LogP contribution is 2.20. The Hall–Kier alpha value is -2.50. The van der Waals surface area contributed by atoms with Crippen molar-refractivity contribution < 1.29 is 22.1 Å². The summed E-state index contributed by atoms with van der Waals surface area (Å²) in [5.41, 5.74) is 1.62. The minimum absolute atomic E-state index is 0.0914. The first-order valence-corrected chi connectivity index (χ1v) is 12.6. The second kappa shape index (κ2) is 10.2. The Morgan fingerprint density at radius 1 is 1.21 bits per heavy atom. The predicted octanol–water partition coefficient (Wildman–Crippen LogP) is 3.97. The molecule has 0 radical (unpaired) electrons. The van der Waals surface area contributed by atoms with Crippen LogP contribution in [0.5, 0.6) is 0 Å². The monoisotopic (exact) mass is 538 g/mol. The number of pyridine rings is 1. The van der Waals surface area contributed by atoms with Crippen molar-refractivity contribution in [2.45, 2.75) is 51.2 Å². The standard InChI is InChI=1S/C22H27BrN4O5S/c1-15-5-7-17(8-6-15)33(29,30)31-12-11-27-19(9-10-24-21(28)32-22(2,3)4)26-18-13-16(23)14-25-20(18)27/h5-8,13-14H,9-12H2,1-4H3,(H,24,28). The van der Waals surface area contributed by atoms with Gasteiger partial charge in [-0.15, -0.1) is 0 Å². The number of rotatable bonds is 8. The molecule has 0 fully saturated rings. The Labute approximate surface area is 201 Å². The first-order chi connectivity index (χ1) is 15.4. The number of benzene rings is 1. The van der Waals surface area contributed by atoms with Crippen molar-refractivity contribution in [1.82, 2.24) is 19.9 Å². The van der Waals surface area contributed by atoms with Crippen molar-refractivity contribution in [3.8, 4) is 0 Å². The second-order valence-corrected chi connectivity index (χ2v) is 11.0. The molecule has 1 N–H and O–H groups in total. The van der Waals surface area contributed by atoms with Crippen molar-refractivity contribution in [2.75, 3.05) is 13.2 Å². The first kappa shape index (κ1) is 25.1. The molecule has 0 saturated heterocycles. The van der Waals surface area contributed by atoms with Crippen LogP contribution in [0.1, 0.15) is 32.2 Å². The summed E-state index contributed by atoms with van der Waals surface area (Å²) in [5, 5.41) is 2.71. The molecule has 1 aromatic carbocycles. The van der Waals surface area contributed by atoms with Gasteiger partial charge in [-0.05, 0) is 61.8 Å². The number of imidazole rings is 1. The van der Waals surface area contributed by atoms with E-state index in [2.05, 4.69) is 31.2 Å². The van der Waals surface area contributed by atoms with Crippen molar-refractivity contribution in [1.29, 1.82) is 0 Å². The van der Waals surface area contributed by atoms with Crippen LogP contribution in [0, 0.1) is 6.92 Å². The number of halogens is 1. The number of hydrogen-bond donors (Lipinski definition) is 1. The molecule has 33 heavy (non-hydrogen) atoms. The third-order valence-corrected chi connectivity index (χ3v) is 6.27. The van der Waals surface area contributed by atoms with E-state index in [4.69, 9.17) is 8.92 Å². The Morgan fingerprint density at radius 3 is 2.58 bits per heavy atom. The molecule has 0 aliphatic carbocycles. The quantitative estimate of drug-likeness (QED) is 0.431. The number of alkyl carbamates (subject to hydrolysis) is 1. The van der Waals surface area contributed by atoms with E-state index in [1.807, 2.05) is 13.0 Å². The van der Waals surface area contributed by atoms with E-state index < -0.39 is 21.8 Å². The van der Waals surface area contributed by atoms with Crippen LogP contribution in [-0.2, 0) is 32.0 Å². The third-order valence-electron chi connectivity index (χ3n) is 4.51. The number of fused-ring (bicyclic) bond motifs is 1. The number of aryl methyl sites for hydroxylation is 1. The van der Waals surface area contributed by atoms with Crippen LogP contribution in [0.3, 0.4) is 0 Å². The fourth-order valence-corrected chi connectivity index (χ4v) is 4.28. The summed E-state index contributed by atoms with van der Waals surface area (Å²) in [5.74, 6) is 0.642. The lowest BCUT2D eigenvalue weighted by Gasteiger charge is -2.19. The van der Waals surface area contributed by atoms with E-state index in [1.165, 1.54) is 12.1 Å². The SMILES string of the molecule is Cc1ccc(S(=O)(=O)OCCn2c(CCNC(=O)OC(C)(C)C)nc3cc(Br)cnc32)cc1. The summed E-state index contributed by atoms with van der Waals surface area (Å²) in [6.07, 6.45) is 1.53. The van der Waals surface area contributed by atoms with E-state index in [1.54, 1.807) is 43.7 Å². The van der Waals surface area contributed by atoms with Crippen LogP contribution >= 0.6 is 15.9 Å². The van der Waals surface area contributed by atoms with E-state index in [-0.39, 0.29) is 18.0 Å². The van der Waals surface area contributed by atoms with Crippen LogP contribution < -0.4 is 5.32 Å². The molecule has 11 heteroatoms. The van der Waals surface area contributed by atoms with Gasteiger partial charge in [0.15, 0.2) is 5.65 Å². The Morgan fingerprint density at radius 2 is 1.91 bits per heavy atom. The molecule has 3 rings (SSSR count). The molecule has 0 bridgehead atoms. The Bertz CT molecular complexity index is 1230. The summed E-state index contributed by atoms with van der Waals surface area (Å²) < 4.78 is 38.1. The normalized spacial score (nSPS) is 12.2. The maximum absolute atomic E-state index is 12.5. The van der Waals surface area contributed by atoms with Crippen molar-refractivity contribution in [3.63, 3.8) is 0 Å². The molecule has 178 valence electrons. The molecule has 0 aliphatic rings. The lowest BCUT2D eigenvalue weighted by atomic mass is 10.2. The minimum atomic E-state index is -3.88. The van der Waals surface area contributed by atoms with Gasteiger partial charge in [-0.2, -0.15) is 8.42 Å². The highest BCUT2D eigenvalue weighted by atomic mass is 79.9. The van der Waals surface area contributed by atoms with Crippen LogP contribution in [0.2, 0.25) is 0 Å². The average molecular weight is 539 g/mol. The number of hydrogen-bond acceptors (Lipinski definition) is 7. The van der Waals surface area contributed by atoms with Gasteiger partial charge in [0.25, 0.3) is 10.1 Å². The zero-order valence-electron chi connectivity index (χ0n) is 19.0. The summed E-state index contributed by atoms with van der Waals surface area (Å²) in [4.78, 5) is 21.0. The summed E-state index contributed by atoms with van der Waals surface area (Å²) >= 11 is 3.39. The Balaban J connectivity index is 1.71. The molecule has 9 nitrogen and oxygen atoms in total. The zero-order valence-corrected chi connectivity index (χ0v) is 21.4. The number of ether oxygens (including phenoxy) is 1. The predicted molar refractivity (Wildman–Crippen MR) is 127 cm³/mol. The molecule has 1 amide bonds. The first-order valence-electron chi connectivity index (χ1n) is 10.4. The maximum atomic E-state index is 12.5. The van der Waals surface area contributed by atoms with Crippen molar-refractivity contribution >= 4 is 43.3 Å². The number of nitrogens with one attached hydrogen (secondary N) is 1. The summed E-state index contributed by atoms with van der Waals surface area (Å²) in [7, 11) is -3.88. The minimum Gasteiger partial charge on any atom is -0.444 e. The van der Waals surface area contributed by atoms with Gasteiger partial charge < -0.3 is 14.6 Å². The van der Waals surface area contributed by atoms with Crippen LogP contribution in [0.25, 0.3) is 11.2 Å². The van der Waals surface area contributed by atoms with Gasteiger partial charge in [0.05, 0.1) is 18.0 Å². The molecule has 0 saturated carbocycles. The molecule has 0 spiro atoms. The van der Waals surface area contributed by atoms with Crippen LogP contribution in [-0.4, -0.2) is 47.8 Å². The average Bonchev–Trinajstić information content (AvgIpc) is 3.03. The highest BCUT2D eigenvalue weighted by molar-refractivity contribution is 9.10. The smallest absolute Gasteiger partial charge is 0.407 e. The number of aromatic nitrogens is 3. The molecular formula is C22H27BrN4O5S. The molecular weight excluding hydrogens is 512 g/mol. The fraction of sp³-hybridized carbons (Fsp3) is 0.409. The zero-order chi connectivity index (χ0) is 24.2. The van der Waals surface area contributed by atoms with Gasteiger partial charge in [0.2, 0.25) is 0 Å². The second-order valence-electron chi connectivity index (χ2n) is 8.44. The van der Waals surface area contributed by atoms with Crippen molar-refractivity contribution in [3.05, 3.63) is 52.4 Å². The summed E-state index contributed by atoms with van der Waals surface area (Å²) in [6, 6.07) is 8.30. The van der Waals surface area contributed by atoms with Crippen LogP contribution in [0.4, 0.5) is 4.79 Å². The maximum Gasteiger partial charge on any atom is 0.407 e. The molecule has 0 unspecified atom stereocenters. The van der Waals surface area contributed by atoms with E-state index >= 15 is 0 Å². The van der Waals surface area contributed by atoms with Gasteiger partial charge in [0.1, 0.15) is 16.9 Å². The van der Waals surface area contributed by atoms with Gasteiger partial charge in [-0.25, -0.2) is 14.8 Å². The topological polar surface area (TPSA) is 112 Å². The summed E-state index contributed by atoms with van der Waals surface area (Å²) in [6.45, 7) is 7.68. The molecule has 2 heterocycles. The van der Waals surface area contributed by atoms with Gasteiger partial charge in [0, 0.05) is 23.6 Å². The van der Waals surface area contributed by atoms with Gasteiger partial charge in [-0.1, -0.05) is 17.7 Å². The van der Waals surface area contributed by atoms with Gasteiger partial charge in [-0.3, -0.25) is 4.18 Å². The molecule has 0 atom stereocenters. The molecule has 3 aromatic rings. The lowest BCUT2D eigenvalue weighted by Crippen LogP contribution is -2.33. The number of carbonyl (C=O) groups is 1. The van der Waals surface area contributed by atoms with E-state index in [0.717, 1.165) is 10.0 Å². The third kappa shape index (κ3) is 6.99. The van der Waals surface area contributed by atoms with E-state index in [9.17, 15) is 13.2 Å². The number of nitrogens with zero attached hydrogens (tertiary/aromatic N) is 3. The van der Waals surface area contributed by atoms with Gasteiger partial charge >= 0.3 is 6.09 Å². The van der Waals surface area contributed by atoms with Crippen molar-refractivity contribution in [2.24, 2.45) is 0 Å². The molecule has 0 aliphatic heterocycles. The highest BCUT2D eigenvalue weighted by Gasteiger charge is 2.18. The largest absolute Gasteiger partial charge is 0.444 e. The van der Waals surface area contributed by atoms with E-state index in [0.29, 0.717) is 30.0 Å². The Kier molecular flexibility index (Phi) is 7.76. The molecule has 2 aromatic heterocycles.